The molecule has 1 aliphatic heterocycles. The molecule has 2 unspecified atom stereocenters. The lowest BCUT2D eigenvalue weighted by Gasteiger charge is -2.32. The molecule has 2 N–H and O–H groups in total. The molecular formula is C12H18N6. The van der Waals surface area contributed by atoms with Crippen molar-refractivity contribution in [3.63, 3.8) is 0 Å². The predicted octanol–water partition coefficient (Wildman–Crippen LogP) is 0.110. The molecule has 0 saturated carbocycles. The Morgan fingerprint density at radius 3 is 2.78 bits per heavy atom. The number of likely N-dealkylation sites (N-methyl/N-ethyl adjacent to an activating group) is 1. The lowest BCUT2D eigenvalue weighted by molar-refractivity contribution is 0.225. The van der Waals surface area contributed by atoms with Crippen LogP contribution in [-0.2, 0) is 7.05 Å². The fourth-order valence-electron chi connectivity index (χ4n) is 2.84. The first kappa shape index (κ1) is 11.6. The van der Waals surface area contributed by atoms with E-state index in [2.05, 4.69) is 27.0 Å². The van der Waals surface area contributed by atoms with Gasteiger partial charge in [-0.1, -0.05) is 0 Å². The van der Waals surface area contributed by atoms with Crippen LogP contribution in [0.1, 0.15) is 18.0 Å². The molecule has 0 radical (unpaired) electrons. The number of likely N-dealkylation sites (tertiary alicyclic amines) is 1. The van der Waals surface area contributed by atoms with Gasteiger partial charge in [0.25, 0.3) is 0 Å². The first-order chi connectivity index (χ1) is 8.65. The van der Waals surface area contributed by atoms with Crippen molar-refractivity contribution in [2.75, 3.05) is 20.1 Å². The summed E-state index contributed by atoms with van der Waals surface area (Å²) in [5, 5.41) is 4.59. The van der Waals surface area contributed by atoms with E-state index in [1.165, 1.54) is 0 Å². The van der Waals surface area contributed by atoms with E-state index < -0.39 is 0 Å². The van der Waals surface area contributed by atoms with Crippen molar-refractivity contribution >= 4 is 11.2 Å². The first-order valence-electron chi connectivity index (χ1n) is 6.23. The van der Waals surface area contributed by atoms with E-state index in [9.17, 15) is 0 Å². The van der Waals surface area contributed by atoms with E-state index >= 15 is 0 Å². The van der Waals surface area contributed by atoms with Crippen LogP contribution < -0.4 is 5.73 Å². The number of fused-ring (bicyclic) bond motifs is 1. The van der Waals surface area contributed by atoms with Crippen LogP contribution in [0.5, 0.6) is 0 Å². The minimum absolute atomic E-state index is 0.211. The Hall–Kier alpha value is -1.53. The zero-order valence-electron chi connectivity index (χ0n) is 10.7. The summed E-state index contributed by atoms with van der Waals surface area (Å²) in [6.07, 6.45) is 4.39. The van der Waals surface area contributed by atoms with E-state index in [-0.39, 0.29) is 6.04 Å². The highest BCUT2D eigenvalue weighted by Crippen LogP contribution is 2.28. The van der Waals surface area contributed by atoms with Gasteiger partial charge >= 0.3 is 0 Å². The standard InChI is InChI=1S/C12H18N6/c1-17-6-8(5-9(13)7-17)10-11-12(18(2)16-10)15-4-3-14-11/h3-4,8-9H,5-7,13H2,1-2H3. The average Bonchev–Trinajstić information content (AvgIpc) is 2.66. The lowest BCUT2D eigenvalue weighted by Crippen LogP contribution is -2.44. The molecule has 3 heterocycles. The van der Waals surface area contributed by atoms with Crippen molar-refractivity contribution in [3.05, 3.63) is 18.1 Å². The van der Waals surface area contributed by atoms with Crippen LogP contribution in [0.25, 0.3) is 11.2 Å². The van der Waals surface area contributed by atoms with Crippen LogP contribution >= 0.6 is 0 Å². The van der Waals surface area contributed by atoms with Crippen molar-refractivity contribution in [1.29, 1.82) is 0 Å². The van der Waals surface area contributed by atoms with E-state index in [1.54, 1.807) is 17.1 Å². The summed E-state index contributed by atoms with van der Waals surface area (Å²) in [7, 11) is 4.01. The van der Waals surface area contributed by atoms with Crippen LogP contribution in [0.15, 0.2) is 12.4 Å². The van der Waals surface area contributed by atoms with Gasteiger partial charge in [0, 0.05) is 44.5 Å². The second-order valence-electron chi connectivity index (χ2n) is 5.15. The quantitative estimate of drug-likeness (QED) is 0.773. The number of nitrogens with two attached hydrogens (primary N) is 1. The number of hydrogen-bond donors (Lipinski definition) is 1. The zero-order chi connectivity index (χ0) is 12.7. The summed E-state index contributed by atoms with van der Waals surface area (Å²) in [6, 6.07) is 0.211. The highest BCUT2D eigenvalue weighted by atomic mass is 15.3. The van der Waals surface area contributed by atoms with Crippen molar-refractivity contribution in [2.45, 2.75) is 18.4 Å². The molecule has 1 aliphatic rings. The van der Waals surface area contributed by atoms with Crippen molar-refractivity contribution in [3.8, 4) is 0 Å². The van der Waals surface area contributed by atoms with E-state index in [1.807, 2.05) is 7.05 Å². The lowest BCUT2D eigenvalue weighted by atomic mass is 9.92. The molecule has 1 fully saturated rings. The molecule has 0 spiro atoms. The Balaban J connectivity index is 2.03. The van der Waals surface area contributed by atoms with Crippen molar-refractivity contribution in [2.24, 2.45) is 12.8 Å². The summed E-state index contributed by atoms with van der Waals surface area (Å²) in [6.45, 7) is 1.93. The number of aromatic nitrogens is 4. The van der Waals surface area contributed by atoms with Gasteiger partial charge in [0.2, 0.25) is 0 Å². The highest BCUT2D eigenvalue weighted by Gasteiger charge is 2.28. The highest BCUT2D eigenvalue weighted by molar-refractivity contribution is 5.73. The van der Waals surface area contributed by atoms with E-state index in [0.717, 1.165) is 36.4 Å². The summed E-state index contributed by atoms with van der Waals surface area (Å²) in [5.41, 5.74) is 8.87. The van der Waals surface area contributed by atoms with Crippen LogP contribution in [0.2, 0.25) is 0 Å². The third-order valence-corrected chi connectivity index (χ3v) is 3.54. The van der Waals surface area contributed by atoms with Gasteiger partial charge in [0.1, 0.15) is 5.52 Å². The summed E-state index contributed by atoms with van der Waals surface area (Å²) in [4.78, 5) is 11.0. The molecular weight excluding hydrogens is 228 g/mol. The minimum atomic E-state index is 0.211. The Morgan fingerprint density at radius 1 is 1.22 bits per heavy atom. The Morgan fingerprint density at radius 2 is 2.00 bits per heavy atom. The number of hydrogen-bond acceptors (Lipinski definition) is 5. The van der Waals surface area contributed by atoms with Gasteiger partial charge in [-0.15, -0.1) is 0 Å². The molecule has 2 atom stereocenters. The van der Waals surface area contributed by atoms with Gasteiger partial charge in [-0.3, -0.25) is 0 Å². The SMILES string of the molecule is CN1CC(N)CC(c2nn(C)c3nccnc23)C1. The molecule has 6 nitrogen and oxygen atoms in total. The molecule has 2 aromatic heterocycles. The Labute approximate surface area is 106 Å². The summed E-state index contributed by atoms with van der Waals surface area (Å²) < 4.78 is 1.80. The molecule has 0 aromatic carbocycles. The van der Waals surface area contributed by atoms with Crippen molar-refractivity contribution < 1.29 is 0 Å². The van der Waals surface area contributed by atoms with Gasteiger partial charge in [0.15, 0.2) is 5.65 Å². The summed E-state index contributed by atoms with van der Waals surface area (Å²) in [5.74, 6) is 0.346. The molecule has 18 heavy (non-hydrogen) atoms. The summed E-state index contributed by atoms with van der Waals surface area (Å²) >= 11 is 0. The fourth-order valence-corrected chi connectivity index (χ4v) is 2.84. The third kappa shape index (κ3) is 1.87. The fraction of sp³-hybridized carbons (Fsp3) is 0.583. The first-order valence-corrected chi connectivity index (χ1v) is 6.23. The van der Waals surface area contributed by atoms with Gasteiger partial charge in [-0.2, -0.15) is 5.10 Å². The molecule has 0 bridgehead atoms. The number of nitrogens with zero attached hydrogens (tertiary/aromatic N) is 5. The topological polar surface area (TPSA) is 72.9 Å². The average molecular weight is 246 g/mol. The van der Waals surface area contributed by atoms with Crippen LogP contribution in [0.3, 0.4) is 0 Å². The van der Waals surface area contributed by atoms with Crippen molar-refractivity contribution in [1.82, 2.24) is 24.6 Å². The van der Waals surface area contributed by atoms with Crippen LogP contribution in [0.4, 0.5) is 0 Å². The maximum atomic E-state index is 6.09. The predicted molar refractivity (Wildman–Crippen MR) is 69.1 cm³/mol. The number of aryl methyl sites for hydroxylation is 1. The Bertz CT molecular complexity index is 553. The molecule has 0 aliphatic carbocycles. The Kier molecular flexibility index (Phi) is 2.76. The molecule has 2 aromatic rings. The monoisotopic (exact) mass is 246 g/mol. The van der Waals surface area contributed by atoms with Gasteiger partial charge < -0.3 is 10.6 Å². The second kappa shape index (κ2) is 4.29. The van der Waals surface area contributed by atoms with Crippen LogP contribution in [-0.4, -0.2) is 50.8 Å². The smallest absolute Gasteiger partial charge is 0.176 e. The molecule has 96 valence electrons. The normalized spacial score (nSPS) is 25.7. The number of rotatable bonds is 1. The largest absolute Gasteiger partial charge is 0.327 e. The van der Waals surface area contributed by atoms with Gasteiger partial charge in [0.05, 0.1) is 5.69 Å². The van der Waals surface area contributed by atoms with Gasteiger partial charge in [-0.25, -0.2) is 14.6 Å². The second-order valence-corrected chi connectivity index (χ2v) is 5.15. The zero-order valence-corrected chi connectivity index (χ0v) is 10.7. The maximum Gasteiger partial charge on any atom is 0.176 e. The van der Waals surface area contributed by atoms with Crippen LogP contribution in [0, 0.1) is 0 Å². The molecule has 1 saturated heterocycles. The van der Waals surface area contributed by atoms with Gasteiger partial charge in [-0.05, 0) is 13.5 Å². The maximum absolute atomic E-state index is 6.09. The molecule has 3 rings (SSSR count). The van der Waals surface area contributed by atoms with E-state index in [4.69, 9.17) is 5.73 Å². The van der Waals surface area contributed by atoms with E-state index in [0.29, 0.717) is 5.92 Å². The number of piperidine rings is 1. The molecule has 0 amide bonds. The minimum Gasteiger partial charge on any atom is -0.327 e. The molecule has 6 heteroatoms. The third-order valence-electron chi connectivity index (χ3n) is 3.54.